The van der Waals surface area contributed by atoms with Gasteiger partial charge in [0.25, 0.3) is 0 Å². The molecule has 112 valence electrons. The van der Waals surface area contributed by atoms with E-state index < -0.39 is 0 Å². The monoisotopic (exact) mass is 287 g/mol. The Balaban J connectivity index is 2.27. The number of rotatable bonds is 6. The molecular formula is C15H21N5O. The number of nitrogens with two attached hydrogens (primary N) is 1. The van der Waals surface area contributed by atoms with E-state index in [1.165, 1.54) is 5.56 Å². The highest BCUT2D eigenvalue weighted by atomic mass is 16.5. The first-order valence-electron chi connectivity index (χ1n) is 6.89. The molecule has 0 saturated heterocycles. The standard InChI is InChI=1S/C15H21N5O/c1-4-21-9-15-18-13(8-14(19-15)20-16)17-12-7-10(2)5-6-11(12)3/h5-8H,4,9,16H2,1-3H3,(H2,17,18,19,20). The van der Waals surface area contributed by atoms with E-state index in [-0.39, 0.29) is 0 Å². The van der Waals surface area contributed by atoms with Gasteiger partial charge in [-0.3, -0.25) is 0 Å². The van der Waals surface area contributed by atoms with Crippen LogP contribution in [0.5, 0.6) is 0 Å². The average Bonchev–Trinajstić information content (AvgIpc) is 2.48. The summed E-state index contributed by atoms with van der Waals surface area (Å²) in [5, 5.41) is 3.30. The average molecular weight is 287 g/mol. The van der Waals surface area contributed by atoms with Crippen LogP contribution < -0.4 is 16.6 Å². The minimum Gasteiger partial charge on any atom is -0.374 e. The van der Waals surface area contributed by atoms with E-state index in [4.69, 9.17) is 10.6 Å². The number of nitrogen functional groups attached to an aromatic ring is 1. The Kier molecular flexibility index (Phi) is 5.08. The number of hydrogen-bond acceptors (Lipinski definition) is 6. The first-order valence-corrected chi connectivity index (χ1v) is 6.89. The predicted octanol–water partition coefficient (Wildman–Crippen LogP) is 2.66. The molecule has 4 N–H and O–H groups in total. The summed E-state index contributed by atoms with van der Waals surface area (Å²) in [6.07, 6.45) is 0. The van der Waals surface area contributed by atoms with Gasteiger partial charge in [0, 0.05) is 18.4 Å². The van der Waals surface area contributed by atoms with Gasteiger partial charge in [-0.2, -0.15) is 0 Å². The number of aromatic nitrogens is 2. The smallest absolute Gasteiger partial charge is 0.158 e. The Bertz CT molecular complexity index is 615. The van der Waals surface area contributed by atoms with Crippen LogP contribution in [0.4, 0.5) is 17.3 Å². The lowest BCUT2D eigenvalue weighted by Crippen LogP contribution is -2.12. The van der Waals surface area contributed by atoms with Crippen LogP contribution >= 0.6 is 0 Å². The highest BCUT2D eigenvalue weighted by molar-refractivity contribution is 5.63. The van der Waals surface area contributed by atoms with Crippen molar-refractivity contribution in [3.8, 4) is 0 Å². The van der Waals surface area contributed by atoms with Crippen LogP contribution in [0.25, 0.3) is 0 Å². The van der Waals surface area contributed by atoms with Crippen LogP contribution in [-0.4, -0.2) is 16.6 Å². The molecule has 6 nitrogen and oxygen atoms in total. The van der Waals surface area contributed by atoms with Gasteiger partial charge in [-0.05, 0) is 38.0 Å². The molecule has 2 rings (SSSR count). The van der Waals surface area contributed by atoms with Crippen molar-refractivity contribution in [1.82, 2.24) is 9.97 Å². The fraction of sp³-hybridized carbons (Fsp3) is 0.333. The lowest BCUT2D eigenvalue weighted by molar-refractivity contribution is 0.128. The molecule has 0 saturated carbocycles. The summed E-state index contributed by atoms with van der Waals surface area (Å²) in [5.41, 5.74) is 5.89. The second-order valence-electron chi connectivity index (χ2n) is 4.78. The third kappa shape index (κ3) is 4.14. The molecule has 0 amide bonds. The Morgan fingerprint density at radius 1 is 1.14 bits per heavy atom. The van der Waals surface area contributed by atoms with Gasteiger partial charge in [0.05, 0.1) is 0 Å². The van der Waals surface area contributed by atoms with Gasteiger partial charge in [0.15, 0.2) is 5.82 Å². The molecule has 0 fully saturated rings. The van der Waals surface area contributed by atoms with Crippen molar-refractivity contribution in [1.29, 1.82) is 0 Å². The number of hydrazine groups is 1. The third-order valence-electron chi connectivity index (χ3n) is 3.01. The van der Waals surface area contributed by atoms with E-state index >= 15 is 0 Å². The number of hydrogen-bond donors (Lipinski definition) is 3. The maximum atomic E-state index is 5.45. The first kappa shape index (κ1) is 15.2. The molecule has 0 spiro atoms. The SMILES string of the molecule is CCOCc1nc(NN)cc(Nc2cc(C)ccc2C)n1. The van der Waals surface area contributed by atoms with E-state index in [1.54, 1.807) is 6.07 Å². The fourth-order valence-electron chi connectivity index (χ4n) is 1.90. The van der Waals surface area contributed by atoms with Crippen LogP contribution in [0.3, 0.4) is 0 Å². The minimum atomic E-state index is 0.355. The van der Waals surface area contributed by atoms with Gasteiger partial charge in [-0.25, -0.2) is 15.8 Å². The molecule has 1 aromatic carbocycles. The maximum Gasteiger partial charge on any atom is 0.158 e. The zero-order valence-corrected chi connectivity index (χ0v) is 12.6. The zero-order valence-electron chi connectivity index (χ0n) is 12.6. The van der Waals surface area contributed by atoms with Gasteiger partial charge in [0.1, 0.15) is 18.2 Å². The summed E-state index contributed by atoms with van der Waals surface area (Å²) in [4.78, 5) is 8.70. The number of anilines is 3. The highest BCUT2D eigenvalue weighted by Gasteiger charge is 2.06. The number of nitrogens with one attached hydrogen (secondary N) is 2. The maximum absolute atomic E-state index is 5.45. The van der Waals surface area contributed by atoms with Crippen molar-refractivity contribution in [3.05, 3.63) is 41.2 Å². The quantitative estimate of drug-likeness (QED) is 0.559. The number of benzene rings is 1. The van der Waals surface area contributed by atoms with E-state index in [1.807, 2.05) is 13.8 Å². The van der Waals surface area contributed by atoms with E-state index in [9.17, 15) is 0 Å². The number of nitrogens with zero attached hydrogens (tertiary/aromatic N) is 2. The third-order valence-corrected chi connectivity index (χ3v) is 3.01. The van der Waals surface area contributed by atoms with Gasteiger partial charge < -0.3 is 15.5 Å². The second kappa shape index (κ2) is 7.01. The molecule has 0 unspecified atom stereocenters. The van der Waals surface area contributed by atoms with Crippen molar-refractivity contribution in [2.75, 3.05) is 17.3 Å². The molecule has 0 aliphatic carbocycles. The lowest BCUT2D eigenvalue weighted by atomic mass is 10.1. The minimum absolute atomic E-state index is 0.355. The van der Waals surface area contributed by atoms with Crippen molar-refractivity contribution >= 4 is 17.3 Å². The molecule has 0 bridgehead atoms. The van der Waals surface area contributed by atoms with E-state index in [2.05, 4.69) is 45.8 Å². The van der Waals surface area contributed by atoms with Crippen molar-refractivity contribution in [2.45, 2.75) is 27.4 Å². The van der Waals surface area contributed by atoms with Gasteiger partial charge in [-0.15, -0.1) is 0 Å². The summed E-state index contributed by atoms with van der Waals surface area (Å²) in [7, 11) is 0. The molecule has 6 heteroatoms. The second-order valence-corrected chi connectivity index (χ2v) is 4.78. The van der Waals surface area contributed by atoms with Crippen LogP contribution in [0.1, 0.15) is 23.9 Å². The summed E-state index contributed by atoms with van der Waals surface area (Å²) in [6.45, 7) is 7.00. The molecule has 1 heterocycles. The van der Waals surface area contributed by atoms with Crippen LogP contribution in [-0.2, 0) is 11.3 Å². The lowest BCUT2D eigenvalue weighted by Gasteiger charge is -2.12. The Morgan fingerprint density at radius 2 is 1.90 bits per heavy atom. The molecule has 2 aromatic rings. The fourth-order valence-corrected chi connectivity index (χ4v) is 1.90. The largest absolute Gasteiger partial charge is 0.374 e. The van der Waals surface area contributed by atoms with Crippen LogP contribution in [0.2, 0.25) is 0 Å². The Labute approximate surface area is 124 Å². The van der Waals surface area contributed by atoms with E-state index in [0.717, 1.165) is 11.3 Å². The predicted molar refractivity (Wildman–Crippen MR) is 84.4 cm³/mol. The molecule has 1 aromatic heterocycles. The molecule has 0 aliphatic rings. The van der Waals surface area contributed by atoms with E-state index in [0.29, 0.717) is 30.7 Å². The number of aryl methyl sites for hydroxylation is 2. The Hall–Kier alpha value is -2.18. The van der Waals surface area contributed by atoms with Crippen LogP contribution in [0.15, 0.2) is 24.3 Å². The highest BCUT2D eigenvalue weighted by Crippen LogP contribution is 2.22. The summed E-state index contributed by atoms with van der Waals surface area (Å²) < 4.78 is 5.35. The number of ether oxygens (including phenoxy) is 1. The van der Waals surface area contributed by atoms with Gasteiger partial charge in [0.2, 0.25) is 0 Å². The molecular weight excluding hydrogens is 266 g/mol. The normalized spacial score (nSPS) is 10.5. The topological polar surface area (TPSA) is 85.1 Å². The Morgan fingerprint density at radius 3 is 2.62 bits per heavy atom. The van der Waals surface area contributed by atoms with Gasteiger partial charge >= 0.3 is 0 Å². The first-order chi connectivity index (χ1) is 10.1. The van der Waals surface area contributed by atoms with Crippen molar-refractivity contribution in [3.63, 3.8) is 0 Å². The van der Waals surface area contributed by atoms with Crippen molar-refractivity contribution in [2.24, 2.45) is 5.84 Å². The summed E-state index contributed by atoms with van der Waals surface area (Å²) >= 11 is 0. The molecule has 21 heavy (non-hydrogen) atoms. The molecule has 0 aliphatic heterocycles. The zero-order chi connectivity index (χ0) is 15.2. The summed E-state index contributed by atoms with van der Waals surface area (Å²) in [5.74, 6) is 7.27. The molecule has 0 atom stereocenters. The molecule has 0 radical (unpaired) electrons. The van der Waals surface area contributed by atoms with Crippen molar-refractivity contribution < 1.29 is 4.74 Å². The summed E-state index contributed by atoms with van der Waals surface area (Å²) in [6, 6.07) is 7.99. The van der Waals surface area contributed by atoms with Crippen LogP contribution in [0, 0.1) is 13.8 Å². The van der Waals surface area contributed by atoms with Gasteiger partial charge in [-0.1, -0.05) is 12.1 Å².